The number of methoxy groups -OCH3 is 1. The van der Waals surface area contributed by atoms with Crippen molar-refractivity contribution in [1.29, 1.82) is 0 Å². The average molecular weight is 287 g/mol. The topological polar surface area (TPSA) is 51.2 Å². The number of nitrogens with one attached hydrogen (secondary N) is 1. The number of alkyl halides is 1. The fourth-order valence-electron chi connectivity index (χ4n) is 1.17. The summed E-state index contributed by atoms with van der Waals surface area (Å²) < 4.78 is 5.06. The van der Waals surface area contributed by atoms with Gasteiger partial charge in [0.05, 0.1) is 18.9 Å². The highest BCUT2D eigenvalue weighted by Gasteiger charge is 2.12. The van der Waals surface area contributed by atoms with Crippen molar-refractivity contribution < 1.29 is 9.53 Å². The van der Waals surface area contributed by atoms with Crippen molar-refractivity contribution in [2.24, 2.45) is 0 Å². The van der Waals surface area contributed by atoms with Gasteiger partial charge >= 0.3 is 0 Å². The normalized spacial score (nSPS) is 11.9. The first-order valence-electron chi connectivity index (χ1n) is 5.09. The lowest BCUT2D eigenvalue weighted by Gasteiger charge is -2.10. The van der Waals surface area contributed by atoms with E-state index in [-0.39, 0.29) is 5.91 Å². The molecule has 5 heteroatoms. The molecule has 0 spiro atoms. The van der Waals surface area contributed by atoms with Gasteiger partial charge in [0.1, 0.15) is 5.75 Å². The van der Waals surface area contributed by atoms with Crippen LogP contribution in [0.5, 0.6) is 5.75 Å². The van der Waals surface area contributed by atoms with Crippen LogP contribution in [-0.2, 0) is 0 Å². The molecular formula is C11H15BrN2O2. The average Bonchev–Trinajstić information content (AvgIpc) is 2.35. The predicted molar refractivity (Wildman–Crippen MR) is 66.1 cm³/mol. The Kier molecular flexibility index (Phi) is 5.25. The maximum Gasteiger partial charge on any atom is 0.255 e. The highest BCUT2D eigenvalue weighted by Crippen LogP contribution is 2.15. The second-order valence-electron chi connectivity index (χ2n) is 3.29. The number of ether oxygens (including phenoxy) is 1. The number of hydrogen-bond donors (Lipinski definition) is 1. The Morgan fingerprint density at radius 3 is 3.06 bits per heavy atom. The number of carbonyl (C=O) groups is 1. The second kappa shape index (κ2) is 6.48. The molecule has 0 aliphatic carbocycles. The summed E-state index contributed by atoms with van der Waals surface area (Å²) in [4.78, 5) is 16.0. The van der Waals surface area contributed by atoms with Crippen LogP contribution in [0.1, 0.15) is 23.7 Å². The largest absolute Gasteiger partial charge is 0.494 e. The quantitative estimate of drug-likeness (QED) is 0.843. The zero-order valence-corrected chi connectivity index (χ0v) is 11.0. The van der Waals surface area contributed by atoms with E-state index in [1.807, 2.05) is 0 Å². The summed E-state index contributed by atoms with van der Waals surface area (Å²) in [7, 11) is 1.52. The third-order valence-corrected chi connectivity index (χ3v) is 3.15. The maximum atomic E-state index is 11.8. The van der Waals surface area contributed by atoms with Crippen molar-refractivity contribution in [3.8, 4) is 5.75 Å². The summed E-state index contributed by atoms with van der Waals surface area (Å²) in [6.07, 6.45) is 4.07. The monoisotopic (exact) mass is 286 g/mol. The van der Waals surface area contributed by atoms with Gasteiger partial charge in [0, 0.05) is 17.6 Å². The minimum Gasteiger partial charge on any atom is -0.494 e. The molecule has 1 rings (SSSR count). The smallest absolute Gasteiger partial charge is 0.255 e. The summed E-state index contributed by atoms with van der Waals surface area (Å²) in [5, 5.41) is 2.83. The third kappa shape index (κ3) is 3.48. The lowest BCUT2D eigenvalue weighted by Crippen LogP contribution is -2.29. The van der Waals surface area contributed by atoms with Crippen LogP contribution in [0.15, 0.2) is 18.5 Å². The zero-order chi connectivity index (χ0) is 12.0. The van der Waals surface area contributed by atoms with Gasteiger partial charge in [0.15, 0.2) is 0 Å². The molecule has 16 heavy (non-hydrogen) atoms. The van der Waals surface area contributed by atoms with Crippen LogP contribution in [0.2, 0.25) is 0 Å². The molecule has 0 aliphatic rings. The van der Waals surface area contributed by atoms with Gasteiger partial charge in [0.2, 0.25) is 0 Å². The van der Waals surface area contributed by atoms with E-state index in [0.717, 1.165) is 6.42 Å². The molecule has 0 saturated heterocycles. The molecule has 0 radical (unpaired) electrons. The molecule has 0 aromatic carbocycles. The molecule has 1 amide bonds. The molecule has 1 aromatic rings. The van der Waals surface area contributed by atoms with E-state index in [4.69, 9.17) is 4.74 Å². The molecule has 1 aromatic heterocycles. The summed E-state index contributed by atoms with van der Waals surface area (Å²) in [6, 6.07) is 1.64. The number of amides is 1. The number of halogens is 1. The minimum absolute atomic E-state index is 0.142. The molecule has 1 N–H and O–H groups in total. The van der Waals surface area contributed by atoms with E-state index in [1.54, 1.807) is 12.3 Å². The minimum atomic E-state index is -0.142. The van der Waals surface area contributed by atoms with Crippen molar-refractivity contribution in [1.82, 2.24) is 10.3 Å². The van der Waals surface area contributed by atoms with E-state index in [0.29, 0.717) is 22.7 Å². The lowest BCUT2D eigenvalue weighted by molar-refractivity contribution is 0.0950. The molecule has 88 valence electrons. The van der Waals surface area contributed by atoms with Gasteiger partial charge in [-0.2, -0.15) is 0 Å². The highest BCUT2D eigenvalue weighted by atomic mass is 79.9. The Morgan fingerprint density at radius 2 is 2.44 bits per heavy atom. The van der Waals surface area contributed by atoms with Crippen molar-refractivity contribution in [3.63, 3.8) is 0 Å². The first-order chi connectivity index (χ1) is 7.69. The van der Waals surface area contributed by atoms with Gasteiger partial charge in [0.25, 0.3) is 5.91 Å². The third-order valence-electron chi connectivity index (χ3n) is 2.18. The molecule has 1 unspecified atom stereocenters. The molecule has 0 fully saturated rings. The molecule has 1 heterocycles. The Hall–Kier alpha value is -1.10. The number of rotatable bonds is 5. The Labute approximate surface area is 104 Å². The van der Waals surface area contributed by atoms with Crippen molar-refractivity contribution in [2.75, 3.05) is 13.7 Å². The molecule has 0 bridgehead atoms. The SMILES string of the molecule is CCC(Br)CNC(=O)c1ccncc1OC. The van der Waals surface area contributed by atoms with Gasteiger partial charge in [-0.05, 0) is 12.5 Å². The summed E-state index contributed by atoms with van der Waals surface area (Å²) in [5.74, 6) is 0.347. The molecule has 0 saturated carbocycles. The van der Waals surface area contributed by atoms with Crippen LogP contribution in [0.4, 0.5) is 0 Å². The zero-order valence-electron chi connectivity index (χ0n) is 9.37. The Morgan fingerprint density at radius 1 is 1.69 bits per heavy atom. The first-order valence-corrected chi connectivity index (χ1v) is 6.00. The van der Waals surface area contributed by atoms with Crippen LogP contribution in [0, 0.1) is 0 Å². The number of aromatic nitrogens is 1. The Bertz CT molecular complexity index is 358. The fourth-order valence-corrected chi connectivity index (χ4v) is 1.34. The standard InChI is InChI=1S/C11H15BrN2O2/c1-3-8(12)6-14-11(15)9-4-5-13-7-10(9)16-2/h4-5,7-8H,3,6H2,1-2H3,(H,14,15). The number of nitrogens with zero attached hydrogens (tertiary/aromatic N) is 1. The molecule has 0 aliphatic heterocycles. The van der Waals surface area contributed by atoms with E-state index in [9.17, 15) is 4.79 Å². The van der Waals surface area contributed by atoms with Crippen LogP contribution in [0.25, 0.3) is 0 Å². The second-order valence-corrected chi connectivity index (χ2v) is 4.59. The number of hydrogen-bond acceptors (Lipinski definition) is 3. The predicted octanol–water partition coefficient (Wildman–Crippen LogP) is 1.99. The van der Waals surface area contributed by atoms with E-state index in [2.05, 4.69) is 33.2 Å². The van der Waals surface area contributed by atoms with Gasteiger partial charge in [-0.1, -0.05) is 22.9 Å². The van der Waals surface area contributed by atoms with E-state index < -0.39 is 0 Å². The summed E-state index contributed by atoms with van der Waals surface area (Å²) in [6.45, 7) is 2.65. The van der Waals surface area contributed by atoms with Gasteiger partial charge in [-0.3, -0.25) is 9.78 Å². The van der Waals surface area contributed by atoms with Gasteiger partial charge < -0.3 is 10.1 Å². The Balaban J connectivity index is 2.65. The van der Waals surface area contributed by atoms with Crippen LogP contribution < -0.4 is 10.1 Å². The highest BCUT2D eigenvalue weighted by molar-refractivity contribution is 9.09. The molecule has 4 nitrogen and oxygen atoms in total. The van der Waals surface area contributed by atoms with Crippen molar-refractivity contribution in [2.45, 2.75) is 18.2 Å². The summed E-state index contributed by atoms with van der Waals surface area (Å²) in [5.41, 5.74) is 0.508. The lowest BCUT2D eigenvalue weighted by atomic mass is 10.2. The summed E-state index contributed by atoms with van der Waals surface area (Å²) >= 11 is 3.46. The number of carbonyl (C=O) groups excluding carboxylic acids is 1. The van der Waals surface area contributed by atoms with Gasteiger partial charge in [-0.25, -0.2) is 0 Å². The molecule has 1 atom stereocenters. The van der Waals surface area contributed by atoms with Crippen LogP contribution in [0.3, 0.4) is 0 Å². The van der Waals surface area contributed by atoms with E-state index in [1.165, 1.54) is 13.3 Å². The number of pyridine rings is 1. The maximum absolute atomic E-state index is 11.8. The van der Waals surface area contributed by atoms with Gasteiger partial charge in [-0.15, -0.1) is 0 Å². The van der Waals surface area contributed by atoms with Crippen LogP contribution >= 0.6 is 15.9 Å². The van der Waals surface area contributed by atoms with Crippen molar-refractivity contribution in [3.05, 3.63) is 24.0 Å². The van der Waals surface area contributed by atoms with Crippen LogP contribution in [-0.4, -0.2) is 29.4 Å². The first kappa shape index (κ1) is 13.0. The molecular weight excluding hydrogens is 272 g/mol. The van der Waals surface area contributed by atoms with Crippen molar-refractivity contribution >= 4 is 21.8 Å². The van der Waals surface area contributed by atoms with E-state index >= 15 is 0 Å². The fraction of sp³-hybridized carbons (Fsp3) is 0.455.